The number of hydrogen-bond acceptors (Lipinski definition) is 3. The first-order valence-electron chi connectivity index (χ1n) is 6.16. The number of rotatable bonds is 4. The Kier molecular flexibility index (Phi) is 4.68. The molecule has 0 aliphatic carbocycles. The van der Waals surface area contributed by atoms with Crippen LogP contribution in [0.4, 0.5) is 5.69 Å². The van der Waals surface area contributed by atoms with Crippen LogP contribution < -0.4 is 10.5 Å². The molecule has 3 nitrogen and oxygen atoms in total. The summed E-state index contributed by atoms with van der Waals surface area (Å²) in [6, 6.07) is 5.71. The highest BCUT2D eigenvalue weighted by molar-refractivity contribution is 9.10. The average Bonchev–Trinajstić information content (AvgIpc) is 2.35. The Balaban J connectivity index is 1.79. The van der Waals surface area contributed by atoms with Crippen LogP contribution in [0.25, 0.3) is 0 Å². The molecule has 1 saturated heterocycles. The highest BCUT2D eigenvalue weighted by Crippen LogP contribution is 2.25. The smallest absolute Gasteiger partial charge is 0.143 e. The molecule has 1 aliphatic rings. The van der Waals surface area contributed by atoms with Gasteiger partial charge in [0.2, 0.25) is 0 Å². The normalized spacial score (nSPS) is 17.0. The van der Waals surface area contributed by atoms with E-state index in [0.29, 0.717) is 12.3 Å². The van der Waals surface area contributed by atoms with Gasteiger partial charge in [0, 0.05) is 11.0 Å². The minimum absolute atomic E-state index is 0.701. The summed E-state index contributed by atoms with van der Waals surface area (Å²) in [6.07, 6.45) is 4.01. The Hall–Kier alpha value is -0.740. The largest absolute Gasteiger partial charge is 0.490 e. The number of nitrogens with zero attached hydrogens (tertiary/aromatic N) is 1. The molecule has 0 unspecified atom stereocenters. The van der Waals surface area contributed by atoms with Gasteiger partial charge in [-0.1, -0.05) is 22.4 Å². The molecular weight excluding hydrogens is 280 g/mol. The summed E-state index contributed by atoms with van der Waals surface area (Å²) in [5, 5.41) is 0. The molecule has 0 bridgehead atoms. The van der Waals surface area contributed by atoms with Crippen molar-refractivity contribution in [3.63, 3.8) is 0 Å². The third kappa shape index (κ3) is 3.89. The molecule has 2 rings (SSSR count). The quantitative estimate of drug-likeness (QED) is 0.869. The molecule has 0 radical (unpaired) electrons. The SMILES string of the molecule is Nc1ccc(Br)cc1OCCN1CCCCC1. The molecule has 0 atom stereocenters. The van der Waals surface area contributed by atoms with Crippen LogP contribution in [0, 0.1) is 0 Å². The molecule has 1 aliphatic heterocycles. The van der Waals surface area contributed by atoms with Crippen LogP contribution in [0.15, 0.2) is 22.7 Å². The van der Waals surface area contributed by atoms with Gasteiger partial charge >= 0.3 is 0 Å². The van der Waals surface area contributed by atoms with E-state index in [-0.39, 0.29) is 0 Å². The van der Waals surface area contributed by atoms with Crippen molar-refractivity contribution in [1.29, 1.82) is 0 Å². The second-order valence-electron chi connectivity index (χ2n) is 4.43. The number of benzene rings is 1. The predicted molar refractivity (Wildman–Crippen MR) is 74.3 cm³/mol. The van der Waals surface area contributed by atoms with Crippen LogP contribution in [0.5, 0.6) is 5.75 Å². The number of nitrogens with two attached hydrogens (primary N) is 1. The summed E-state index contributed by atoms with van der Waals surface area (Å²) in [6.45, 7) is 4.11. The van der Waals surface area contributed by atoms with Crippen molar-refractivity contribution in [2.75, 3.05) is 32.0 Å². The standard InChI is InChI=1S/C13H19BrN2O/c14-11-4-5-12(15)13(10-11)17-9-8-16-6-2-1-3-7-16/h4-5,10H,1-3,6-9,15H2. The minimum atomic E-state index is 0.701. The summed E-state index contributed by atoms with van der Waals surface area (Å²) < 4.78 is 6.72. The molecule has 1 fully saturated rings. The Morgan fingerprint density at radius 2 is 2.00 bits per heavy atom. The molecule has 0 aromatic heterocycles. The highest BCUT2D eigenvalue weighted by Gasteiger charge is 2.10. The van der Waals surface area contributed by atoms with E-state index in [0.717, 1.165) is 16.8 Å². The Morgan fingerprint density at radius 3 is 2.76 bits per heavy atom. The van der Waals surface area contributed by atoms with E-state index in [1.807, 2.05) is 18.2 Å². The van der Waals surface area contributed by atoms with Gasteiger partial charge in [0.15, 0.2) is 0 Å². The van der Waals surface area contributed by atoms with E-state index in [1.165, 1.54) is 32.4 Å². The lowest BCUT2D eigenvalue weighted by atomic mass is 10.1. The number of anilines is 1. The molecular formula is C13H19BrN2O. The van der Waals surface area contributed by atoms with Gasteiger partial charge in [0.1, 0.15) is 12.4 Å². The van der Waals surface area contributed by atoms with Gasteiger partial charge in [-0.2, -0.15) is 0 Å². The summed E-state index contributed by atoms with van der Waals surface area (Å²) in [5.74, 6) is 0.774. The molecule has 17 heavy (non-hydrogen) atoms. The van der Waals surface area contributed by atoms with Crippen molar-refractivity contribution in [1.82, 2.24) is 4.90 Å². The molecule has 0 spiro atoms. The number of halogens is 1. The number of ether oxygens (including phenoxy) is 1. The fraction of sp³-hybridized carbons (Fsp3) is 0.538. The minimum Gasteiger partial charge on any atom is -0.490 e. The van der Waals surface area contributed by atoms with Crippen molar-refractivity contribution >= 4 is 21.6 Å². The molecule has 4 heteroatoms. The zero-order valence-corrected chi connectivity index (χ0v) is 11.6. The van der Waals surface area contributed by atoms with Gasteiger partial charge in [0.05, 0.1) is 5.69 Å². The lowest BCUT2D eigenvalue weighted by Crippen LogP contribution is -2.33. The van der Waals surface area contributed by atoms with Crippen LogP contribution in [-0.4, -0.2) is 31.1 Å². The second-order valence-corrected chi connectivity index (χ2v) is 5.35. The van der Waals surface area contributed by atoms with Gasteiger partial charge in [-0.25, -0.2) is 0 Å². The van der Waals surface area contributed by atoms with Gasteiger partial charge < -0.3 is 10.5 Å². The molecule has 0 saturated carbocycles. The highest BCUT2D eigenvalue weighted by atomic mass is 79.9. The fourth-order valence-corrected chi connectivity index (χ4v) is 2.44. The van der Waals surface area contributed by atoms with Crippen molar-refractivity contribution in [2.24, 2.45) is 0 Å². The van der Waals surface area contributed by atoms with Gasteiger partial charge in [-0.05, 0) is 44.1 Å². The number of piperidine rings is 1. The zero-order chi connectivity index (χ0) is 12.1. The second kappa shape index (κ2) is 6.26. The molecule has 1 heterocycles. The first-order chi connectivity index (χ1) is 8.25. The molecule has 0 amide bonds. The first-order valence-corrected chi connectivity index (χ1v) is 6.95. The van der Waals surface area contributed by atoms with E-state index in [9.17, 15) is 0 Å². The van der Waals surface area contributed by atoms with Gasteiger partial charge in [0.25, 0.3) is 0 Å². The van der Waals surface area contributed by atoms with Crippen molar-refractivity contribution in [3.05, 3.63) is 22.7 Å². The maximum atomic E-state index is 5.85. The molecule has 1 aromatic carbocycles. The molecule has 1 aromatic rings. The summed E-state index contributed by atoms with van der Waals surface area (Å²) in [5.41, 5.74) is 6.55. The first kappa shape index (κ1) is 12.7. The third-order valence-electron chi connectivity index (χ3n) is 3.09. The van der Waals surface area contributed by atoms with Gasteiger partial charge in [-0.3, -0.25) is 4.90 Å². The van der Waals surface area contributed by atoms with Crippen molar-refractivity contribution in [2.45, 2.75) is 19.3 Å². The van der Waals surface area contributed by atoms with Crippen LogP contribution in [0.3, 0.4) is 0 Å². The number of likely N-dealkylation sites (tertiary alicyclic amines) is 1. The van der Waals surface area contributed by atoms with Gasteiger partial charge in [-0.15, -0.1) is 0 Å². The van der Waals surface area contributed by atoms with E-state index < -0.39 is 0 Å². The van der Waals surface area contributed by atoms with Crippen LogP contribution in [-0.2, 0) is 0 Å². The van der Waals surface area contributed by atoms with Crippen LogP contribution in [0.2, 0.25) is 0 Å². The molecule has 94 valence electrons. The van der Waals surface area contributed by atoms with Crippen molar-refractivity contribution < 1.29 is 4.74 Å². The summed E-state index contributed by atoms with van der Waals surface area (Å²) in [7, 11) is 0. The summed E-state index contributed by atoms with van der Waals surface area (Å²) >= 11 is 3.42. The van der Waals surface area contributed by atoms with Crippen molar-refractivity contribution in [3.8, 4) is 5.75 Å². The lowest BCUT2D eigenvalue weighted by Gasteiger charge is -2.26. The average molecular weight is 299 g/mol. The Labute approximate surface area is 111 Å². The van der Waals surface area contributed by atoms with E-state index in [2.05, 4.69) is 20.8 Å². The monoisotopic (exact) mass is 298 g/mol. The maximum absolute atomic E-state index is 5.85. The van der Waals surface area contributed by atoms with E-state index >= 15 is 0 Å². The Bertz CT molecular complexity index is 364. The summed E-state index contributed by atoms with van der Waals surface area (Å²) in [4.78, 5) is 2.46. The zero-order valence-electron chi connectivity index (χ0n) is 9.99. The maximum Gasteiger partial charge on any atom is 0.143 e. The predicted octanol–water partition coefficient (Wildman–Crippen LogP) is 2.90. The topological polar surface area (TPSA) is 38.5 Å². The van der Waals surface area contributed by atoms with Crippen LogP contribution in [0.1, 0.15) is 19.3 Å². The number of nitrogen functional groups attached to an aromatic ring is 1. The number of hydrogen-bond donors (Lipinski definition) is 1. The fourth-order valence-electron chi connectivity index (χ4n) is 2.10. The third-order valence-corrected chi connectivity index (χ3v) is 3.58. The Morgan fingerprint density at radius 1 is 1.24 bits per heavy atom. The lowest BCUT2D eigenvalue weighted by molar-refractivity contribution is 0.184. The van der Waals surface area contributed by atoms with Crippen LogP contribution >= 0.6 is 15.9 Å². The molecule has 2 N–H and O–H groups in total. The van der Waals surface area contributed by atoms with E-state index in [1.54, 1.807) is 0 Å². The van der Waals surface area contributed by atoms with E-state index in [4.69, 9.17) is 10.5 Å².